The van der Waals surface area contributed by atoms with Crippen LogP contribution < -0.4 is 4.90 Å². The molecule has 4 nitrogen and oxygen atoms in total. The van der Waals surface area contributed by atoms with Crippen LogP contribution in [0.1, 0.15) is 25.0 Å². The second kappa shape index (κ2) is 11.5. The molecule has 0 saturated carbocycles. The van der Waals surface area contributed by atoms with Gasteiger partial charge in [-0.2, -0.15) is 0 Å². The molecule has 2 aromatic heterocycles. The van der Waals surface area contributed by atoms with E-state index in [0.717, 1.165) is 66.4 Å². The first-order valence-electron chi connectivity index (χ1n) is 18.5. The fraction of sp³-hybridized carbons (Fsp3) is 0.0600. The molecular weight excluding hydrogens is 661 g/mol. The average molecular weight is 695 g/mol. The third kappa shape index (κ3) is 4.60. The molecule has 0 saturated heterocycles. The van der Waals surface area contributed by atoms with Crippen LogP contribution in [0.25, 0.3) is 77.5 Å². The van der Waals surface area contributed by atoms with Gasteiger partial charge in [-0.25, -0.2) is 4.98 Å². The second-order valence-electron chi connectivity index (χ2n) is 14.8. The normalized spacial score (nSPS) is 13.1. The lowest BCUT2D eigenvalue weighted by Gasteiger charge is -2.29. The lowest BCUT2D eigenvalue weighted by molar-refractivity contribution is 0.620. The summed E-state index contributed by atoms with van der Waals surface area (Å²) in [5.74, 6) is 0.593. The van der Waals surface area contributed by atoms with Crippen LogP contribution in [0.2, 0.25) is 0 Å². The van der Waals surface area contributed by atoms with Crippen LogP contribution in [0.3, 0.4) is 0 Å². The number of oxazole rings is 1. The molecule has 11 rings (SSSR count). The summed E-state index contributed by atoms with van der Waals surface area (Å²) in [6.45, 7) is 4.68. The molecule has 10 aromatic rings. The van der Waals surface area contributed by atoms with Gasteiger partial charge in [0.1, 0.15) is 11.1 Å². The van der Waals surface area contributed by atoms with Gasteiger partial charge in [0.2, 0.25) is 5.89 Å². The first-order valence-corrected chi connectivity index (χ1v) is 18.5. The van der Waals surface area contributed by atoms with Crippen molar-refractivity contribution in [3.63, 3.8) is 0 Å². The van der Waals surface area contributed by atoms with Crippen LogP contribution in [0.5, 0.6) is 0 Å². The Hall–Kier alpha value is -6.91. The average Bonchev–Trinajstić information content (AvgIpc) is 3.89. The fourth-order valence-electron chi connectivity index (χ4n) is 8.58. The SMILES string of the molecule is CC1(C)c2ccccc2-c2ccc(N(c3ccc(-c4ccccc4)cc3)c3c4ccccc4cc4c3oc3ccc(-c5nc6ccccc6o5)cc34)cc21. The maximum Gasteiger partial charge on any atom is 0.227 e. The molecule has 0 N–H and O–H groups in total. The molecule has 0 spiro atoms. The Morgan fingerprint density at radius 3 is 2.06 bits per heavy atom. The van der Waals surface area contributed by atoms with E-state index < -0.39 is 0 Å². The summed E-state index contributed by atoms with van der Waals surface area (Å²) in [7, 11) is 0. The second-order valence-corrected chi connectivity index (χ2v) is 14.8. The van der Waals surface area contributed by atoms with Crippen LogP contribution in [0.4, 0.5) is 17.1 Å². The molecule has 0 unspecified atom stereocenters. The van der Waals surface area contributed by atoms with Crippen LogP contribution in [-0.2, 0) is 5.41 Å². The van der Waals surface area contributed by atoms with E-state index in [9.17, 15) is 0 Å². The number of anilines is 3. The molecule has 8 aromatic carbocycles. The van der Waals surface area contributed by atoms with Gasteiger partial charge in [0.15, 0.2) is 11.2 Å². The number of hydrogen-bond donors (Lipinski definition) is 0. The number of benzene rings is 8. The Morgan fingerprint density at radius 2 is 1.19 bits per heavy atom. The molecule has 0 aliphatic heterocycles. The van der Waals surface area contributed by atoms with Crippen molar-refractivity contribution in [1.29, 1.82) is 0 Å². The molecule has 54 heavy (non-hydrogen) atoms. The van der Waals surface area contributed by atoms with Crippen LogP contribution in [-0.4, -0.2) is 4.98 Å². The lowest BCUT2D eigenvalue weighted by atomic mass is 9.82. The Bertz CT molecular complexity index is 3050. The van der Waals surface area contributed by atoms with E-state index in [1.165, 1.54) is 33.4 Å². The summed E-state index contributed by atoms with van der Waals surface area (Å²) in [5.41, 5.74) is 14.8. The van der Waals surface area contributed by atoms with Crippen molar-refractivity contribution in [2.45, 2.75) is 19.3 Å². The van der Waals surface area contributed by atoms with Gasteiger partial charge in [0.25, 0.3) is 0 Å². The molecule has 1 aliphatic rings. The molecule has 0 bridgehead atoms. The van der Waals surface area contributed by atoms with E-state index in [-0.39, 0.29) is 5.41 Å². The number of hydrogen-bond acceptors (Lipinski definition) is 4. The van der Waals surface area contributed by atoms with Gasteiger partial charge in [0, 0.05) is 38.5 Å². The number of rotatable bonds is 5. The van der Waals surface area contributed by atoms with Gasteiger partial charge in [-0.3, -0.25) is 0 Å². The zero-order chi connectivity index (χ0) is 36.0. The fourth-order valence-corrected chi connectivity index (χ4v) is 8.58. The molecule has 256 valence electrons. The van der Waals surface area contributed by atoms with Crippen molar-refractivity contribution in [3.05, 3.63) is 181 Å². The summed E-state index contributed by atoms with van der Waals surface area (Å²) in [4.78, 5) is 7.20. The summed E-state index contributed by atoms with van der Waals surface area (Å²) in [5, 5.41) is 4.30. The van der Waals surface area contributed by atoms with E-state index in [2.05, 4.69) is 152 Å². The standard InChI is InChI=1S/C50H34N2O2/c1-50(2)42-17-9-8-16-38(42)39-26-25-36(30-43(39)50)52(35-23-20-32(21-24-35)31-12-4-3-5-13-31)47-37-15-7-6-14-33(37)28-41-40-29-34(22-27-45(40)53-48(41)47)49-51-44-18-10-11-19-46(44)54-49/h3-30H,1-2H3. The Morgan fingerprint density at radius 1 is 0.481 bits per heavy atom. The number of para-hydroxylation sites is 2. The molecule has 1 aliphatic carbocycles. The predicted octanol–water partition coefficient (Wildman–Crippen LogP) is 14.0. The molecule has 0 fully saturated rings. The highest BCUT2D eigenvalue weighted by Crippen LogP contribution is 2.52. The molecular formula is C50H34N2O2. The predicted molar refractivity (Wildman–Crippen MR) is 222 cm³/mol. The molecule has 2 heterocycles. The van der Waals surface area contributed by atoms with Crippen molar-refractivity contribution in [1.82, 2.24) is 4.98 Å². The van der Waals surface area contributed by atoms with E-state index >= 15 is 0 Å². The van der Waals surface area contributed by atoms with Crippen molar-refractivity contribution in [3.8, 4) is 33.7 Å². The van der Waals surface area contributed by atoms with Gasteiger partial charge in [-0.15, -0.1) is 0 Å². The van der Waals surface area contributed by atoms with Gasteiger partial charge in [0.05, 0.1) is 5.69 Å². The number of furan rings is 1. The first kappa shape index (κ1) is 30.7. The van der Waals surface area contributed by atoms with E-state index in [1.807, 2.05) is 36.4 Å². The van der Waals surface area contributed by atoms with Crippen LogP contribution in [0, 0.1) is 0 Å². The van der Waals surface area contributed by atoms with Gasteiger partial charge >= 0.3 is 0 Å². The Kier molecular flexibility index (Phi) is 6.56. The monoisotopic (exact) mass is 694 g/mol. The third-order valence-corrected chi connectivity index (χ3v) is 11.3. The maximum atomic E-state index is 6.95. The minimum absolute atomic E-state index is 0.153. The van der Waals surface area contributed by atoms with E-state index in [1.54, 1.807) is 0 Å². The van der Waals surface area contributed by atoms with Gasteiger partial charge < -0.3 is 13.7 Å². The largest absolute Gasteiger partial charge is 0.454 e. The highest BCUT2D eigenvalue weighted by molar-refractivity contribution is 6.19. The minimum atomic E-state index is -0.153. The Balaban J connectivity index is 1.17. The van der Waals surface area contributed by atoms with E-state index in [0.29, 0.717) is 5.89 Å². The van der Waals surface area contributed by atoms with Crippen LogP contribution >= 0.6 is 0 Å². The maximum absolute atomic E-state index is 6.95. The lowest BCUT2D eigenvalue weighted by Crippen LogP contribution is -2.16. The highest BCUT2D eigenvalue weighted by atomic mass is 16.3. The highest BCUT2D eigenvalue weighted by Gasteiger charge is 2.36. The van der Waals surface area contributed by atoms with Crippen LogP contribution in [0.15, 0.2) is 179 Å². The smallest absolute Gasteiger partial charge is 0.227 e. The quantitative estimate of drug-likeness (QED) is 0.180. The summed E-state index contributed by atoms with van der Waals surface area (Å²) < 4.78 is 13.2. The van der Waals surface area contributed by atoms with Crippen molar-refractivity contribution in [2.75, 3.05) is 4.90 Å². The topological polar surface area (TPSA) is 42.4 Å². The number of fused-ring (bicyclic) bond motifs is 8. The summed E-state index contributed by atoms with van der Waals surface area (Å²) in [6.07, 6.45) is 0. The molecule has 0 radical (unpaired) electrons. The Labute approximate surface area is 312 Å². The molecule has 0 amide bonds. The number of nitrogens with zero attached hydrogens (tertiary/aromatic N) is 2. The van der Waals surface area contributed by atoms with E-state index in [4.69, 9.17) is 13.8 Å². The van der Waals surface area contributed by atoms with Gasteiger partial charge in [-0.05, 0) is 99.4 Å². The number of aromatic nitrogens is 1. The van der Waals surface area contributed by atoms with Crippen molar-refractivity contribution >= 4 is 60.9 Å². The van der Waals surface area contributed by atoms with Crippen molar-refractivity contribution in [2.24, 2.45) is 0 Å². The third-order valence-electron chi connectivity index (χ3n) is 11.3. The van der Waals surface area contributed by atoms with Crippen molar-refractivity contribution < 1.29 is 8.83 Å². The summed E-state index contributed by atoms with van der Waals surface area (Å²) in [6, 6.07) is 60.2. The first-order chi connectivity index (χ1) is 26.5. The minimum Gasteiger partial charge on any atom is -0.454 e. The zero-order valence-corrected chi connectivity index (χ0v) is 29.9. The zero-order valence-electron chi connectivity index (χ0n) is 29.9. The molecule has 0 atom stereocenters. The summed E-state index contributed by atoms with van der Waals surface area (Å²) >= 11 is 0. The van der Waals surface area contributed by atoms with Gasteiger partial charge in [-0.1, -0.05) is 123 Å². The molecule has 4 heteroatoms.